The lowest BCUT2D eigenvalue weighted by atomic mass is 10.0. The van der Waals surface area contributed by atoms with Crippen molar-refractivity contribution in [3.05, 3.63) is 46.6 Å². The van der Waals surface area contributed by atoms with Crippen LogP contribution in [0.2, 0.25) is 0 Å². The molecule has 0 saturated carbocycles. The molecule has 1 fully saturated rings. The minimum atomic E-state index is -0.383. The minimum Gasteiger partial charge on any atom is -0.345 e. The maximum absolute atomic E-state index is 13.9. The second kappa shape index (κ2) is 6.02. The maximum Gasteiger partial charge on any atom is 0.256 e. The molecule has 1 N–H and O–H groups in total. The molecule has 5 rings (SSSR count). The van der Waals surface area contributed by atoms with Gasteiger partial charge in [0.2, 0.25) is 6.41 Å². The predicted molar refractivity (Wildman–Crippen MR) is 105 cm³/mol. The molecular weight excluding hydrogens is 367 g/mol. The van der Waals surface area contributed by atoms with Gasteiger partial charge in [-0.15, -0.1) is 0 Å². The van der Waals surface area contributed by atoms with Gasteiger partial charge in [-0.1, -0.05) is 11.3 Å². The molecule has 136 valence electrons. The number of piperazine rings is 1. The Morgan fingerprint density at radius 3 is 2.70 bits per heavy atom. The van der Waals surface area contributed by atoms with E-state index in [-0.39, 0.29) is 11.4 Å². The van der Waals surface area contributed by atoms with E-state index in [0.717, 1.165) is 32.5 Å². The molecule has 3 heterocycles. The molecule has 0 atom stereocenters. The van der Waals surface area contributed by atoms with E-state index in [1.807, 2.05) is 6.07 Å². The first kappa shape index (κ1) is 16.2. The summed E-state index contributed by atoms with van der Waals surface area (Å²) in [6.45, 7) is 2.74. The highest BCUT2D eigenvalue weighted by atomic mass is 32.1. The van der Waals surface area contributed by atoms with Gasteiger partial charge in [0.15, 0.2) is 5.13 Å². The number of rotatable bonds is 2. The lowest BCUT2D eigenvalue weighted by molar-refractivity contribution is -0.118. The maximum atomic E-state index is 13.9. The Bertz CT molecular complexity index is 1260. The Balaban J connectivity index is 1.78. The van der Waals surface area contributed by atoms with Gasteiger partial charge in [-0.05, 0) is 24.3 Å². The zero-order valence-electron chi connectivity index (χ0n) is 14.2. The van der Waals surface area contributed by atoms with Gasteiger partial charge in [-0.25, -0.2) is 9.37 Å². The second-order valence-corrected chi connectivity index (χ2v) is 7.57. The molecule has 1 aliphatic heterocycles. The van der Waals surface area contributed by atoms with Gasteiger partial charge < -0.3 is 14.8 Å². The first-order chi connectivity index (χ1) is 13.2. The van der Waals surface area contributed by atoms with Crippen molar-refractivity contribution in [2.75, 3.05) is 31.1 Å². The van der Waals surface area contributed by atoms with Gasteiger partial charge in [0.05, 0.1) is 15.6 Å². The number of hydrogen-bond donors (Lipinski definition) is 1. The third kappa shape index (κ3) is 2.48. The number of hydrogen-bond acceptors (Lipinski definition) is 5. The fourth-order valence-electron chi connectivity index (χ4n) is 3.69. The Morgan fingerprint density at radius 1 is 1.11 bits per heavy atom. The Labute approximate surface area is 156 Å². The number of halogens is 1. The summed E-state index contributed by atoms with van der Waals surface area (Å²) in [6, 6.07) is 6.32. The molecular formula is C19H15FN4O2S. The molecule has 0 aliphatic carbocycles. The molecule has 1 amide bonds. The lowest BCUT2D eigenvalue weighted by Crippen LogP contribution is -2.45. The lowest BCUT2D eigenvalue weighted by Gasteiger charge is -2.32. The highest BCUT2D eigenvalue weighted by Gasteiger charge is 2.21. The van der Waals surface area contributed by atoms with Gasteiger partial charge in [-0.2, -0.15) is 0 Å². The van der Waals surface area contributed by atoms with Crippen molar-refractivity contribution in [2.45, 2.75) is 0 Å². The van der Waals surface area contributed by atoms with Gasteiger partial charge in [0.1, 0.15) is 5.82 Å². The average Bonchev–Trinajstić information content (AvgIpc) is 3.13. The van der Waals surface area contributed by atoms with Gasteiger partial charge in [-0.3, -0.25) is 9.59 Å². The number of fused-ring (bicyclic) bond motifs is 6. The Kier molecular flexibility index (Phi) is 3.61. The van der Waals surface area contributed by atoms with E-state index >= 15 is 0 Å². The number of pyridine rings is 1. The van der Waals surface area contributed by atoms with E-state index in [0.29, 0.717) is 37.0 Å². The van der Waals surface area contributed by atoms with Crippen molar-refractivity contribution in [3.63, 3.8) is 0 Å². The van der Waals surface area contributed by atoms with Crippen LogP contribution in [0.1, 0.15) is 0 Å². The van der Waals surface area contributed by atoms with Gasteiger partial charge in [0, 0.05) is 48.5 Å². The molecule has 6 nitrogen and oxygen atoms in total. The first-order valence-corrected chi connectivity index (χ1v) is 9.45. The van der Waals surface area contributed by atoms with E-state index in [2.05, 4.69) is 9.88 Å². The summed E-state index contributed by atoms with van der Waals surface area (Å²) >= 11 is 1.53. The van der Waals surface area contributed by atoms with E-state index < -0.39 is 0 Å². The molecule has 0 bridgehead atoms. The number of amides is 1. The summed E-state index contributed by atoms with van der Waals surface area (Å²) in [6.07, 6.45) is 2.48. The van der Waals surface area contributed by atoms with E-state index in [4.69, 9.17) is 4.98 Å². The smallest absolute Gasteiger partial charge is 0.256 e. The van der Waals surface area contributed by atoms with Crippen molar-refractivity contribution in [1.82, 2.24) is 14.9 Å². The predicted octanol–water partition coefficient (Wildman–Crippen LogP) is 2.71. The quantitative estimate of drug-likeness (QED) is 0.428. The number of thiazole rings is 1. The Hall–Kier alpha value is -3.00. The van der Waals surface area contributed by atoms with Crippen LogP contribution in [0.15, 0.2) is 35.3 Å². The number of H-pyrrole nitrogens is 1. The zero-order valence-corrected chi connectivity index (χ0v) is 15.1. The number of anilines is 1. The number of carbonyl (C=O) groups excluding carboxylic acids is 1. The molecule has 2 aromatic carbocycles. The highest BCUT2D eigenvalue weighted by molar-refractivity contribution is 7.23. The highest BCUT2D eigenvalue weighted by Crippen LogP contribution is 2.39. The van der Waals surface area contributed by atoms with Crippen LogP contribution < -0.4 is 10.5 Å². The van der Waals surface area contributed by atoms with Crippen LogP contribution in [0.25, 0.3) is 31.8 Å². The molecule has 4 aromatic rings. The van der Waals surface area contributed by atoms with Gasteiger partial charge >= 0.3 is 0 Å². The van der Waals surface area contributed by atoms with E-state index in [1.165, 1.54) is 23.5 Å². The average molecular weight is 382 g/mol. The van der Waals surface area contributed by atoms with E-state index in [9.17, 15) is 14.0 Å². The van der Waals surface area contributed by atoms with Crippen molar-refractivity contribution in [3.8, 4) is 0 Å². The number of benzene rings is 2. The molecule has 27 heavy (non-hydrogen) atoms. The number of nitrogens with one attached hydrogen (secondary N) is 1. The topological polar surface area (TPSA) is 69.3 Å². The number of aromatic amines is 1. The normalized spacial score (nSPS) is 15.1. The molecule has 0 radical (unpaired) electrons. The second-order valence-electron chi connectivity index (χ2n) is 6.59. The third-order valence-electron chi connectivity index (χ3n) is 5.06. The molecule has 8 heteroatoms. The fraction of sp³-hybridized carbons (Fsp3) is 0.211. The van der Waals surface area contributed by atoms with Crippen LogP contribution in [0.5, 0.6) is 0 Å². The molecule has 1 saturated heterocycles. The summed E-state index contributed by atoms with van der Waals surface area (Å²) in [7, 11) is 0. The number of aromatic nitrogens is 2. The first-order valence-electron chi connectivity index (χ1n) is 8.63. The van der Waals surface area contributed by atoms with Crippen LogP contribution in [0.4, 0.5) is 9.52 Å². The van der Waals surface area contributed by atoms with Crippen molar-refractivity contribution in [1.29, 1.82) is 0 Å². The summed E-state index contributed by atoms with van der Waals surface area (Å²) < 4.78 is 14.8. The fourth-order valence-corrected chi connectivity index (χ4v) is 4.86. The summed E-state index contributed by atoms with van der Waals surface area (Å²) in [5.41, 5.74) is 0.542. The van der Waals surface area contributed by atoms with E-state index in [1.54, 1.807) is 17.2 Å². The molecule has 0 spiro atoms. The van der Waals surface area contributed by atoms with Crippen LogP contribution in [0.3, 0.4) is 0 Å². The number of carbonyl (C=O) groups is 1. The minimum absolute atomic E-state index is 0.237. The standard InChI is InChI=1S/C19H15FN4O2S/c20-11-1-2-12-14(9-11)15-13(3-4-21-18(15)26)17-16(12)22-19(27-17)24-7-5-23(10-25)6-8-24/h1-4,9-10H,5-8H2,(H,21,26). The summed E-state index contributed by atoms with van der Waals surface area (Å²) in [5.74, 6) is -0.383. The SMILES string of the molecule is O=CN1CCN(c2nc3c4ccc(F)cc4c4c(=O)[nH]ccc4c3s2)CC1. The molecule has 2 aromatic heterocycles. The van der Waals surface area contributed by atoms with Crippen LogP contribution in [-0.4, -0.2) is 47.5 Å². The van der Waals surface area contributed by atoms with Gasteiger partial charge in [0.25, 0.3) is 5.56 Å². The number of nitrogens with zero attached hydrogens (tertiary/aromatic N) is 3. The Morgan fingerprint density at radius 2 is 1.93 bits per heavy atom. The molecule has 0 unspecified atom stereocenters. The van der Waals surface area contributed by atoms with Crippen molar-refractivity contribution < 1.29 is 9.18 Å². The van der Waals surface area contributed by atoms with Crippen LogP contribution in [0, 0.1) is 5.82 Å². The summed E-state index contributed by atoms with van der Waals surface area (Å²) in [4.78, 5) is 34.8. The van der Waals surface area contributed by atoms with Crippen molar-refractivity contribution >= 4 is 54.6 Å². The summed E-state index contributed by atoms with van der Waals surface area (Å²) in [5, 5.41) is 3.46. The largest absolute Gasteiger partial charge is 0.345 e. The zero-order chi connectivity index (χ0) is 18.5. The van der Waals surface area contributed by atoms with Crippen LogP contribution in [-0.2, 0) is 4.79 Å². The van der Waals surface area contributed by atoms with Crippen LogP contribution >= 0.6 is 11.3 Å². The molecule has 1 aliphatic rings. The monoisotopic (exact) mass is 382 g/mol. The van der Waals surface area contributed by atoms with Crippen molar-refractivity contribution in [2.24, 2.45) is 0 Å². The third-order valence-corrected chi connectivity index (χ3v) is 6.21.